The van der Waals surface area contributed by atoms with Crippen LogP contribution in [0.3, 0.4) is 0 Å². The molecule has 0 saturated heterocycles. The third-order valence-corrected chi connectivity index (χ3v) is 2.36. The quantitative estimate of drug-likeness (QED) is 0.734. The molecule has 0 bridgehead atoms. The zero-order valence-corrected chi connectivity index (χ0v) is 11.0. The van der Waals surface area contributed by atoms with Gasteiger partial charge in [0.05, 0.1) is 0 Å². The van der Waals surface area contributed by atoms with Crippen molar-refractivity contribution in [3.8, 4) is 5.75 Å². The average Bonchev–Trinajstić information content (AvgIpc) is 2.21. The Kier molecular flexibility index (Phi) is 5.32. The first-order valence-electron chi connectivity index (χ1n) is 5.82. The molecule has 2 N–H and O–H groups in total. The van der Waals surface area contributed by atoms with Gasteiger partial charge >= 0.3 is 7.05 Å². The van der Waals surface area contributed by atoms with E-state index < -0.39 is 7.05 Å². The molecule has 0 radical (unpaired) electrons. The highest BCUT2D eigenvalue weighted by atomic mass is 16.5. The summed E-state index contributed by atoms with van der Waals surface area (Å²) in [6.07, 6.45) is 0. The van der Waals surface area contributed by atoms with Gasteiger partial charge in [-0.25, -0.2) is 0 Å². The molecule has 0 amide bonds. The van der Waals surface area contributed by atoms with Gasteiger partial charge in [-0.1, -0.05) is 6.07 Å². The molecule has 0 aliphatic carbocycles. The number of anilines is 1. The average molecular weight is 236 g/mol. The molecule has 1 aromatic carbocycles. The number of hydrogen-bond donors (Lipinski definition) is 2. The maximum absolute atomic E-state index is 9.26. The van der Waals surface area contributed by atoms with Crippen LogP contribution in [0, 0.1) is 6.92 Å². The van der Waals surface area contributed by atoms with E-state index >= 15 is 0 Å². The number of aryl methyl sites for hydroxylation is 1. The van der Waals surface area contributed by atoms with Crippen LogP contribution in [0.25, 0.3) is 0 Å². The molecule has 0 aromatic heterocycles. The Balaban J connectivity index is 2.63. The lowest BCUT2D eigenvalue weighted by atomic mass is 9.88. The molecule has 0 heterocycles. The van der Waals surface area contributed by atoms with Crippen LogP contribution in [-0.4, -0.2) is 44.2 Å². The van der Waals surface area contributed by atoms with E-state index in [-0.39, 0.29) is 0 Å². The van der Waals surface area contributed by atoms with E-state index in [9.17, 15) is 5.02 Å². The predicted molar refractivity (Wildman–Crippen MR) is 72.7 cm³/mol. The van der Waals surface area contributed by atoms with Crippen molar-refractivity contribution in [2.75, 3.05) is 32.5 Å². The van der Waals surface area contributed by atoms with Gasteiger partial charge in [0.25, 0.3) is 0 Å². The number of hydrogen-bond acceptors (Lipinski definition) is 4. The number of rotatable bonds is 6. The van der Waals surface area contributed by atoms with Crippen molar-refractivity contribution in [3.05, 3.63) is 23.8 Å². The van der Waals surface area contributed by atoms with E-state index in [1.165, 1.54) is 0 Å². The Morgan fingerprint density at radius 2 is 2.12 bits per heavy atom. The fourth-order valence-electron chi connectivity index (χ4n) is 1.42. The fourth-order valence-corrected chi connectivity index (χ4v) is 1.42. The normalized spacial score (nSPS) is 10.5. The lowest BCUT2D eigenvalue weighted by Gasteiger charge is -2.14. The number of benzene rings is 1. The summed E-state index contributed by atoms with van der Waals surface area (Å²) in [5, 5.41) is 12.2. The lowest BCUT2D eigenvalue weighted by Crippen LogP contribution is -2.20. The second-order valence-electron chi connectivity index (χ2n) is 4.45. The van der Waals surface area contributed by atoms with Gasteiger partial charge in [-0.05, 0) is 39.5 Å². The summed E-state index contributed by atoms with van der Waals surface area (Å²) in [4.78, 5) is 2.08. The highest BCUT2D eigenvalue weighted by Gasteiger charge is 2.06. The first kappa shape index (κ1) is 13.9. The first-order valence-corrected chi connectivity index (χ1v) is 5.82. The third kappa shape index (κ3) is 5.11. The molecule has 17 heavy (non-hydrogen) atoms. The summed E-state index contributed by atoms with van der Waals surface area (Å²) in [6, 6.07) is 5.83. The fraction of sp³-hybridized carbons (Fsp3) is 0.500. The van der Waals surface area contributed by atoms with E-state index in [4.69, 9.17) is 4.74 Å². The molecule has 0 aliphatic heterocycles. The van der Waals surface area contributed by atoms with E-state index in [0.717, 1.165) is 23.5 Å². The number of ether oxygens (including phenoxy) is 1. The smallest absolute Gasteiger partial charge is 0.406 e. The summed E-state index contributed by atoms with van der Waals surface area (Å²) < 4.78 is 5.71. The second-order valence-corrected chi connectivity index (χ2v) is 4.45. The molecule has 4 nitrogen and oxygen atoms in total. The van der Waals surface area contributed by atoms with E-state index in [0.29, 0.717) is 6.61 Å². The molecule has 1 aromatic rings. The Labute approximate surface area is 104 Å². The Morgan fingerprint density at radius 1 is 1.41 bits per heavy atom. The molecule has 0 fully saturated rings. The zero-order chi connectivity index (χ0) is 12.8. The van der Waals surface area contributed by atoms with E-state index in [1.807, 2.05) is 39.2 Å². The molecule has 0 aliphatic rings. The lowest BCUT2D eigenvalue weighted by molar-refractivity contribution is 0.260. The van der Waals surface area contributed by atoms with Crippen LogP contribution >= 0.6 is 0 Å². The van der Waals surface area contributed by atoms with Crippen LogP contribution in [0.5, 0.6) is 5.75 Å². The Bertz CT molecular complexity index is 356. The minimum absolute atomic E-state index is 0.563. The second kappa shape index (κ2) is 6.52. The van der Waals surface area contributed by atoms with Gasteiger partial charge in [0.1, 0.15) is 12.4 Å². The van der Waals surface area contributed by atoms with E-state index in [2.05, 4.69) is 10.1 Å². The number of likely N-dealkylation sites (N-methyl/N-ethyl adjacent to an activating group) is 1. The van der Waals surface area contributed by atoms with Crippen molar-refractivity contribution in [1.82, 2.24) is 4.90 Å². The molecule has 0 saturated carbocycles. The van der Waals surface area contributed by atoms with E-state index in [1.54, 1.807) is 6.82 Å². The summed E-state index contributed by atoms with van der Waals surface area (Å²) in [5.41, 5.74) is 1.96. The van der Waals surface area contributed by atoms with Gasteiger partial charge in [0.2, 0.25) is 0 Å². The maximum Gasteiger partial charge on any atom is 0.406 e. The van der Waals surface area contributed by atoms with Crippen LogP contribution in [0.4, 0.5) is 5.69 Å². The standard InChI is InChI=1S/C12H21BN2O2/c1-10-5-6-11(14-13(2)16)9-12(10)17-8-7-15(3)4/h5-6,9,14,16H,7-8H2,1-4H3. The molecule has 5 heteroatoms. The molecule has 94 valence electrons. The van der Waals surface area contributed by atoms with Crippen molar-refractivity contribution in [1.29, 1.82) is 0 Å². The molecule has 0 unspecified atom stereocenters. The zero-order valence-electron chi connectivity index (χ0n) is 11.0. The molecule has 1 rings (SSSR count). The Hall–Kier alpha value is -1.20. The molecule has 0 atom stereocenters. The summed E-state index contributed by atoms with van der Waals surface area (Å²) in [7, 11) is 3.47. The highest BCUT2D eigenvalue weighted by Crippen LogP contribution is 2.22. The van der Waals surface area contributed by atoms with Gasteiger partial charge in [0.15, 0.2) is 0 Å². The summed E-state index contributed by atoms with van der Waals surface area (Å²) in [5.74, 6) is 0.859. The highest BCUT2D eigenvalue weighted by molar-refractivity contribution is 6.52. The topological polar surface area (TPSA) is 44.7 Å². The summed E-state index contributed by atoms with van der Waals surface area (Å²) >= 11 is 0. The predicted octanol–water partition coefficient (Wildman–Crippen LogP) is 1.46. The van der Waals surface area contributed by atoms with Crippen molar-refractivity contribution >= 4 is 12.7 Å². The van der Waals surface area contributed by atoms with Crippen LogP contribution in [0.15, 0.2) is 18.2 Å². The van der Waals surface area contributed by atoms with Gasteiger partial charge in [-0.2, -0.15) is 0 Å². The number of nitrogens with zero attached hydrogens (tertiary/aromatic N) is 1. The van der Waals surface area contributed by atoms with Crippen molar-refractivity contribution in [2.45, 2.75) is 13.7 Å². The van der Waals surface area contributed by atoms with Crippen LogP contribution in [0.2, 0.25) is 6.82 Å². The first-order chi connectivity index (χ1) is 7.99. The van der Waals surface area contributed by atoms with Crippen molar-refractivity contribution in [3.63, 3.8) is 0 Å². The van der Waals surface area contributed by atoms with Crippen molar-refractivity contribution in [2.24, 2.45) is 0 Å². The van der Waals surface area contributed by atoms with Gasteiger partial charge in [-0.3, -0.25) is 0 Å². The largest absolute Gasteiger partial charge is 0.492 e. The van der Waals surface area contributed by atoms with Crippen LogP contribution < -0.4 is 9.96 Å². The monoisotopic (exact) mass is 236 g/mol. The molecule has 0 spiro atoms. The minimum atomic E-state index is -0.563. The van der Waals surface area contributed by atoms with Crippen LogP contribution in [0.1, 0.15) is 5.56 Å². The maximum atomic E-state index is 9.26. The van der Waals surface area contributed by atoms with Crippen LogP contribution in [-0.2, 0) is 0 Å². The Morgan fingerprint density at radius 3 is 2.71 bits per heavy atom. The van der Waals surface area contributed by atoms with Crippen molar-refractivity contribution < 1.29 is 9.76 Å². The number of nitrogens with one attached hydrogen (secondary N) is 1. The van der Waals surface area contributed by atoms with Gasteiger partial charge in [0, 0.05) is 18.3 Å². The SMILES string of the molecule is CB(O)Nc1ccc(C)c(OCCN(C)C)c1. The summed E-state index contributed by atoms with van der Waals surface area (Å²) in [6.45, 7) is 5.24. The molecular weight excluding hydrogens is 215 g/mol. The van der Waals surface area contributed by atoms with Gasteiger partial charge in [-0.15, -0.1) is 0 Å². The minimum Gasteiger partial charge on any atom is -0.492 e. The van der Waals surface area contributed by atoms with Gasteiger partial charge < -0.3 is 19.9 Å². The third-order valence-electron chi connectivity index (χ3n) is 2.36. The molecular formula is C12H21BN2O2.